The van der Waals surface area contributed by atoms with Gasteiger partial charge in [-0.25, -0.2) is 0 Å². The molecule has 0 radical (unpaired) electrons. The van der Waals surface area contributed by atoms with E-state index in [1.807, 2.05) is 53.7 Å². The summed E-state index contributed by atoms with van der Waals surface area (Å²) in [5.74, 6) is -0.399. The van der Waals surface area contributed by atoms with Crippen molar-refractivity contribution in [2.24, 2.45) is 0 Å². The second-order valence-electron chi connectivity index (χ2n) is 6.72. The maximum absolute atomic E-state index is 11.4. The van der Waals surface area contributed by atoms with Gasteiger partial charge in [0.1, 0.15) is 11.2 Å². The molecule has 4 nitrogen and oxygen atoms in total. The van der Waals surface area contributed by atoms with Crippen LogP contribution in [0.2, 0.25) is 0 Å². The molecule has 0 aliphatic heterocycles. The Morgan fingerprint density at radius 1 is 0.750 bits per heavy atom. The van der Waals surface area contributed by atoms with Gasteiger partial charge >= 0.3 is 11.9 Å². The number of carbonyl (C=O) groups is 2. The Bertz CT molecular complexity index is 308. The van der Waals surface area contributed by atoms with Crippen molar-refractivity contribution in [3.05, 3.63) is 12.2 Å². The van der Waals surface area contributed by atoms with Crippen LogP contribution in [-0.4, -0.2) is 23.1 Å². The molecule has 116 valence electrons. The van der Waals surface area contributed by atoms with Gasteiger partial charge in [0, 0.05) is 12.8 Å². The van der Waals surface area contributed by atoms with Gasteiger partial charge in [-0.15, -0.1) is 0 Å². The van der Waals surface area contributed by atoms with Gasteiger partial charge in [-0.3, -0.25) is 9.59 Å². The first-order valence-corrected chi connectivity index (χ1v) is 7.08. The van der Waals surface area contributed by atoms with Crippen LogP contribution >= 0.6 is 0 Å². The van der Waals surface area contributed by atoms with Crippen molar-refractivity contribution < 1.29 is 19.1 Å². The highest BCUT2D eigenvalue weighted by atomic mass is 16.6. The van der Waals surface area contributed by atoms with E-state index in [1.165, 1.54) is 0 Å². The number of hydrogen-bond donors (Lipinski definition) is 0. The van der Waals surface area contributed by atoms with Crippen LogP contribution in [0.25, 0.3) is 0 Å². The molecule has 0 aromatic rings. The highest BCUT2D eigenvalue weighted by Gasteiger charge is 2.16. The first kappa shape index (κ1) is 18.7. The minimum atomic E-state index is -0.433. The van der Waals surface area contributed by atoms with Gasteiger partial charge < -0.3 is 9.47 Å². The molecular weight excluding hydrogens is 256 g/mol. The molecular formula is C16H28O4. The lowest BCUT2D eigenvalue weighted by atomic mass is 10.2. The topological polar surface area (TPSA) is 52.6 Å². The Morgan fingerprint density at radius 3 is 1.30 bits per heavy atom. The van der Waals surface area contributed by atoms with Crippen LogP contribution in [0, 0.1) is 0 Å². The Balaban J connectivity index is 3.73. The predicted molar refractivity (Wildman–Crippen MR) is 79.3 cm³/mol. The second kappa shape index (κ2) is 8.08. The van der Waals surface area contributed by atoms with Crippen LogP contribution < -0.4 is 0 Å². The van der Waals surface area contributed by atoms with E-state index in [0.29, 0.717) is 25.7 Å². The maximum Gasteiger partial charge on any atom is 0.306 e. The van der Waals surface area contributed by atoms with Crippen LogP contribution in [0.5, 0.6) is 0 Å². The SMILES string of the molecule is CC(C)(C)OC(=O)CC/C=C/CCC(=O)OC(C)(C)C. The molecule has 0 spiro atoms. The van der Waals surface area contributed by atoms with Crippen molar-refractivity contribution in [3.8, 4) is 0 Å². The molecule has 0 unspecified atom stereocenters. The molecule has 0 amide bonds. The first-order valence-electron chi connectivity index (χ1n) is 7.08. The lowest BCUT2D eigenvalue weighted by Gasteiger charge is -2.19. The summed E-state index contributed by atoms with van der Waals surface area (Å²) >= 11 is 0. The van der Waals surface area contributed by atoms with E-state index in [2.05, 4.69) is 0 Å². The molecule has 0 saturated carbocycles. The van der Waals surface area contributed by atoms with Crippen molar-refractivity contribution in [1.29, 1.82) is 0 Å². The minimum absolute atomic E-state index is 0.200. The number of ether oxygens (including phenoxy) is 2. The van der Waals surface area contributed by atoms with Crippen LogP contribution in [-0.2, 0) is 19.1 Å². The molecule has 0 aromatic carbocycles. The zero-order valence-electron chi connectivity index (χ0n) is 13.6. The van der Waals surface area contributed by atoms with Gasteiger partial charge in [0.15, 0.2) is 0 Å². The Kier molecular flexibility index (Phi) is 7.54. The van der Waals surface area contributed by atoms with Crippen LogP contribution in [0.3, 0.4) is 0 Å². The molecule has 0 bridgehead atoms. The largest absolute Gasteiger partial charge is 0.460 e. The fraction of sp³-hybridized carbons (Fsp3) is 0.750. The maximum atomic E-state index is 11.4. The quantitative estimate of drug-likeness (QED) is 0.550. The lowest BCUT2D eigenvalue weighted by molar-refractivity contribution is -0.155. The van der Waals surface area contributed by atoms with E-state index >= 15 is 0 Å². The fourth-order valence-electron chi connectivity index (χ4n) is 1.42. The molecule has 0 aliphatic rings. The number of carbonyl (C=O) groups excluding carboxylic acids is 2. The van der Waals surface area contributed by atoms with Gasteiger partial charge in [-0.1, -0.05) is 12.2 Å². The van der Waals surface area contributed by atoms with Crippen molar-refractivity contribution in [1.82, 2.24) is 0 Å². The number of hydrogen-bond acceptors (Lipinski definition) is 4. The summed E-state index contributed by atoms with van der Waals surface area (Å²) in [5.41, 5.74) is -0.866. The Hall–Kier alpha value is -1.32. The third-order valence-electron chi connectivity index (χ3n) is 2.04. The molecule has 0 rings (SSSR count). The van der Waals surface area contributed by atoms with E-state index in [4.69, 9.17) is 9.47 Å². The van der Waals surface area contributed by atoms with E-state index in [9.17, 15) is 9.59 Å². The highest BCUT2D eigenvalue weighted by molar-refractivity contribution is 5.70. The molecule has 4 heteroatoms. The highest BCUT2D eigenvalue weighted by Crippen LogP contribution is 2.10. The molecule has 0 aliphatic carbocycles. The van der Waals surface area contributed by atoms with Crippen molar-refractivity contribution >= 4 is 11.9 Å². The smallest absolute Gasteiger partial charge is 0.306 e. The third-order valence-corrected chi connectivity index (χ3v) is 2.04. The van der Waals surface area contributed by atoms with E-state index < -0.39 is 11.2 Å². The molecule has 0 aromatic heterocycles. The van der Waals surface area contributed by atoms with E-state index in [-0.39, 0.29) is 11.9 Å². The van der Waals surface area contributed by atoms with Crippen molar-refractivity contribution in [2.45, 2.75) is 78.4 Å². The van der Waals surface area contributed by atoms with Crippen molar-refractivity contribution in [2.75, 3.05) is 0 Å². The standard InChI is InChI=1S/C16H28O4/c1-15(2,3)19-13(17)11-9-7-8-10-12-14(18)20-16(4,5)6/h7-8H,9-12H2,1-6H3/b8-7+. The predicted octanol–water partition coefficient (Wildman–Crippen LogP) is 3.79. The Labute approximate surface area is 122 Å². The van der Waals surface area contributed by atoms with Gasteiger partial charge in [-0.2, -0.15) is 0 Å². The summed E-state index contributed by atoms with van der Waals surface area (Å²) in [5, 5.41) is 0. The van der Waals surface area contributed by atoms with E-state index in [1.54, 1.807) is 0 Å². The van der Waals surface area contributed by atoms with Gasteiger partial charge in [0.2, 0.25) is 0 Å². The summed E-state index contributed by atoms with van der Waals surface area (Å²) in [6.45, 7) is 11.1. The number of esters is 2. The fourth-order valence-corrected chi connectivity index (χ4v) is 1.42. The van der Waals surface area contributed by atoms with Gasteiger partial charge in [0.25, 0.3) is 0 Å². The normalized spacial score (nSPS) is 12.5. The molecule has 0 atom stereocenters. The second-order valence-corrected chi connectivity index (χ2v) is 6.72. The summed E-state index contributed by atoms with van der Waals surface area (Å²) in [6, 6.07) is 0. The lowest BCUT2D eigenvalue weighted by Crippen LogP contribution is -2.23. The van der Waals surface area contributed by atoms with Gasteiger partial charge in [-0.05, 0) is 54.4 Å². The van der Waals surface area contributed by atoms with Gasteiger partial charge in [0.05, 0.1) is 0 Å². The van der Waals surface area contributed by atoms with Crippen molar-refractivity contribution in [3.63, 3.8) is 0 Å². The summed E-state index contributed by atoms with van der Waals surface area (Å²) < 4.78 is 10.4. The average Bonchev–Trinajstić information content (AvgIpc) is 2.17. The zero-order chi connectivity index (χ0) is 15.8. The summed E-state index contributed by atoms with van der Waals surface area (Å²) in [6.07, 6.45) is 5.77. The molecule has 20 heavy (non-hydrogen) atoms. The third kappa shape index (κ3) is 13.1. The number of rotatable bonds is 6. The average molecular weight is 284 g/mol. The molecule has 0 heterocycles. The molecule has 0 saturated heterocycles. The number of allylic oxidation sites excluding steroid dienone is 2. The van der Waals surface area contributed by atoms with E-state index in [0.717, 1.165) is 0 Å². The first-order chi connectivity index (χ1) is 8.99. The Morgan fingerprint density at radius 2 is 1.05 bits per heavy atom. The monoisotopic (exact) mass is 284 g/mol. The minimum Gasteiger partial charge on any atom is -0.460 e. The molecule has 0 fully saturated rings. The van der Waals surface area contributed by atoms with Crippen LogP contribution in [0.4, 0.5) is 0 Å². The summed E-state index contributed by atoms with van der Waals surface area (Å²) in [7, 11) is 0. The zero-order valence-corrected chi connectivity index (χ0v) is 13.6. The van der Waals surface area contributed by atoms with Crippen LogP contribution in [0.1, 0.15) is 67.2 Å². The molecule has 0 N–H and O–H groups in total. The van der Waals surface area contributed by atoms with Crippen LogP contribution in [0.15, 0.2) is 12.2 Å². The summed E-state index contributed by atoms with van der Waals surface area (Å²) in [4.78, 5) is 22.9.